The van der Waals surface area contributed by atoms with Crippen LogP contribution < -0.4 is 10.9 Å². The maximum Gasteiger partial charge on any atom is 0.279 e. The summed E-state index contributed by atoms with van der Waals surface area (Å²) in [6.45, 7) is 2.59. The largest absolute Gasteiger partial charge is 0.461 e. The SMILES string of the molecule is CCn1c(SCC(=O)NNC(=O)c2ccc(Br)s2)nnc1-c1ccco1. The lowest BCUT2D eigenvalue weighted by Gasteiger charge is -2.07. The lowest BCUT2D eigenvalue weighted by atomic mass is 10.4. The molecule has 3 aromatic rings. The molecule has 136 valence electrons. The number of thioether (sulfide) groups is 1. The molecular formula is C15H14BrN5O3S2. The van der Waals surface area contributed by atoms with Gasteiger partial charge in [0.2, 0.25) is 5.91 Å². The maximum atomic E-state index is 12.0. The predicted molar refractivity (Wildman–Crippen MR) is 102 cm³/mol. The fraction of sp³-hybridized carbons (Fsp3) is 0.200. The van der Waals surface area contributed by atoms with E-state index in [1.807, 2.05) is 11.5 Å². The monoisotopic (exact) mass is 455 g/mol. The zero-order chi connectivity index (χ0) is 18.5. The van der Waals surface area contributed by atoms with Crippen LogP contribution >= 0.6 is 39.0 Å². The van der Waals surface area contributed by atoms with Crippen molar-refractivity contribution in [3.8, 4) is 11.6 Å². The molecule has 8 nitrogen and oxygen atoms in total. The zero-order valence-electron chi connectivity index (χ0n) is 13.6. The second kappa shape index (κ2) is 8.52. The Hall–Kier alpha value is -2.11. The third-order valence-electron chi connectivity index (χ3n) is 3.22. The number of halogens is 1. The molecule has 0 saturated carbocycles. The highest BCUT2D eigenvalue weighted by Crippen LogP contribution is 2.24. The summed E-state index contributed by atoms with van der Waals surface area (Å²) >= 11 is 5.80. The summed E-state index contributed by atoms with van der Waals surface area (Å²) in [7, 11) is 0. The molecule has 0 bridgehead atoms. The smallest absolute Gasteiger partial charge is 0.279 e. The van der Waals surface area contributed by atoms with Crippen molar-refractivity contribution in [2.24, 2.45) is 0 Å². The summed E-state index contributed by atoms with van der Waals surface area (Å²) in [6, 6.07) is 7.02. The molecule has 3 heterocycles. The number of aromatic nitrogens is 3. The van der Waals surface area contributed by atoms with Gasteiger partial charge >= 0.3 is 0 Å². The van der Waals surface area contributed by atoms with Gasteiger partial charge in [0, 0.05) is 6.54 Å². The van der Waals surface area contributed by atoms with E-state index in [-0.39, 0.29) is 17.6 Å². The van der Waals surface area contributed by atoms with E-state index in [0.717, 1.165) is 3.79 Å². The summed E-state index contributed by atoms with van der Waals surface area (Å²) in [5.74, 6) is 0.604. The summed E-state index contributed by atoms with van der Waals surface area (Å²) < 4.78 is 8.05. The molecule has 3 aromatic heterocycles. The van der Waals surface area contributed by atoms with Crippen molar-refractivity contribution < 1.29 is 14.0 Å². The third kappa shape index (κ3) is 4.34. The van der Waals surface area contributed by atoms with Gasteiger partial charge in [-0.15, -0.1) is 21.5 Å². The van der Waals surface area contributed by atoms with Crippen LogP contribution in [0.15, 0.2) is 43.9 Å². The number of thiophene rings is 1. The molecule has 2 N–H and O–H groups in total. The van der Waals surface area contributed by atoms with Crippen molar-refractivity contribution in [1.29, 1.82) is 0 Å². The minimum Gasteiger partial charge on any atom is -0.461 e. The van der Waals surface area contributed by atoms with E-state index in [2.05, 4.69) is 37.0 Å². The van der Waals surface area contributed by atoms with E-state index in [4.69, 9.17) is 4.42 Å². The van der Waals surface area contributed by atoms with E-state index in [1.54, 1.807) is 30.5 Å². The van der Waals surface area contributed by atoms with Crippen molar-refractivity contribution in [2.75, 3.05) is 5.75 Å². The lowest BCUT2D eigenvalue weighted by molar-refractivity contribution is -0.119. The Morgan fingerprint density at radius 2 is 2.15 bits per heavy atom. The molecular weight excluding hydrogens is 442 g/mol. The van der Waals surface area contributed by atoms with E-state index in [9.17, 15) is 9.59 Å². The number of hydrogen-bond acceptors (Lipinski definition) is 7. The molecule has 3 rings (SSSR count). The first-order valence-electron chi connectivity index (χ1n) is 7.53. The van der Waals surface area contributed by atoms with Gasteiger partial charge in [-0.05, 0) is 47.1 Å². The number of furan rings is 1. The highest BCUT2D eigenvalue weighted by molar-refractivity contribution is 9.11. The van der Waals surface area contributed by atoms with Crippen molar-refractivity contribution in [2.45, 2.75) is 18.6 Å². The zero-order valence-corrected chi connectivity index (χ0v) is 16.8. The van der Waals surface area contributed by atoms with E-state index >= 15 is 0 Å². The molecule has 26 heavy (non-hydrogen) atoms. The van der Waals surface area contributed by atoms with Crippen molar-refractivity contribution in [1.82, 2.24) is 25.6 Å². The molecule has 0 aromatic carbocycles. The summed E-state index contributed by atoms with van der Waals surface area (Å²) in [6.07, 6.45) is 1.57. The quantitative estimate of drug-likeness (QED) is 0.437. The molecule has 2 amide bonds. The average molecular weight is 456 g/mol. The number of hydrazine groups is 1. The molecule has 0 spiro atoms. The molecule has 0 atom stereocenters. The van der Waals surface area contributed by atoms with E-state index < -0.39 is 0 Å². The van der Waals surface area contributed by atoms with Crippen LogP contribution in [-0.2, 0) is 11.3 Å². The molecule has 0 unspecified atom stereocenters. The molecule has 0 radical (unpaired) electrons. The fourth-order valence-corrected chi connectivity index (χ4v) is 4.14. The Morgan fingerprint density at radius 3 is 2.81 bits per heavy atom. The number of nitrogens with one attached hydrogen (secondary N) is 2. The second-order valence-corrected chi connectivity index (χ2v) is 8.33. The summed E-state index contributed by atoms with van der Waals surface area (Å²) in [5.41, 5.74) is 4.77. The number of carbonyl (C=O) groups is 2. The minimum absolute atomic E-state index is 0.0880. The van der Waals surface area contributed by atoms with Crippen LogP contribution in [0.5, 0.6) is 0 Å². The molecule has 11 heteroatoms. The molecule has 0 aliphatic rings. The van der Waals surface area contributed by atoms with Gasteiger partial charge in [0.15, 0.2) is 16.7 Å². The van der Waals surface area contributed by atoms with Gasteiger partial charge in [-0.3, -0.25) is 25.0 Å². The topological polar surface area (TPSA) is 102 Å². The average Bonchev–Trinajstić information content (AvgIpc) is 3.37. The fourth-order valence-electron chi connectivity index (χ4n) is 2.06. The maximum absolute atomic E-state index is 12.0. The Labute approximate surface area is 165 Å². The highest BCUT2D eigenvalue weighted by atomic mass is 79.9. The molecule has 0 saturated heterocycles. The first kappa shape index (κ1) is 18.7. The third-order valence-corrected chi connectivity index (χ3v) is 5.81. The van der Waals surface area contributed by atoms with Gasteiger partial charge in [0.1, 0.15) is 0 Å². The van der Waals surface area contributed by atoms with Crippen LogP contribution in [0.3, 0.4) is 0 Å². The van der Waals surface area contributed by atoms with Gasteiger partial charge in [0.05, 0.1) is 20.7 Å². The number of rotatable bonds is 6. The normalized spacial score (nSPS) is 10.7. The summed E-state index contributed by atoms with van der Waals surface area (Å²) in [4.78, 5) is 24.4. The van der Waals surface area contributed by atoms with Gasteiger partial charge in [0.25, 0.3) is 5.91 Å². The van der Waals surface area contributed by atoms with Crippen LogP contribution in [-0.4, -0.2) is 32.3 Å². The number of carbonyl (C=O) groups excluding carboxylic acids is 2. The van der Waals surface area contributed by atoms with Crippen LogP contribution in [0.1, 0.15) is 16.6 Å². The van der Waals surface area contributed by atoms with Crippen LogP contribution in [0.25, 0.3) is 11.6 Å². The number of amides is 2. The molecule has 0 fully saturated rings. The number of nitrogens with zero attached hydrogens (tertiary/aromatic N) is 3. The van der Waals surface area contributed by atoms with Gasteiger partial charge in [-0.2, -0.15) is 0 Å². The van der Waals surface area contributed by atoms with Crippen molar-refractivity contribution >= 4 is 50.8 Å². The van der Waals surface area contributed by atoms with Crippen LogP contribution in [0, 0.1) is 0 Å². The molecule has 0 aliphatic carbocycles. The minimum atomic E-state index is -0.365. The Balaban J connectivity index is 1.54. The first-order chi connectivity index (χ1) is 12.6. The van der Waals surface area contributed by atoms with E-state index in [0.29, 0.717) is 28.2 Å². The first-order valence-corrected chi connectivity index (χ1v) is 10.1. The Morgan fingerprint density at radius 1 is 1.31 bits per heavy atom. The van der Waals surface area contributed by atoms with Crippen molar-refractivity contribution in [3.63, 3.8) is 0 Å². The Kier molecular flexibility index (Phi) is 6.12. The standard InChI is InChI=1S/C15H14BrN5O3S2/c1-2-21-13(9-4-3-7-24-9)18-20-15(21)25-8-12(22)17-19-14(23)10-5-6-11(16)26-10/h3-7H,2,8H2,1H3,(H,17,22)(H,19,23). The van der Waals surface area contributed by atoms with Crippen LogP contribution in [0.4, 0.5) is 0 Å². The van der Waals surface area contributed by atoms with Crippen molar-refractivity contribution in [3.05, 3.63) is 39.2 Å². The van der Waals surface area contributed by atoms with Crippen LogP contribution in [0.2, 0.25) is 0 Å². The van der Waals surface area contributed by atoms with Gasteiger partial charge < -0.3 is 4.42 Å². The lowest BCUT2D eigenvalue weighted by Crippen LogP contribution is -2.42. The number of hydrogen-bond donors (Lipinski definition) is 2. The Bertz CT molecular complexity index is 906. The molecule has 0 aliphatic heterocycles. The predicted octanol–water partition coefficient (Wildman–Crippen LogP) is 2.94. The van der Waals surface area contributed by atoms with E-state index in [1.165, 1.54) is 23.1 Å². The van der Waals surface area contributed by atoms with Gasteiger partial charge in [-0.25, -0.2) is 0 Å². The second-order valence-electron chi connectivity index (χ2n) is 4.92. The highest BCUT2D eigenvalue weighted by Gasteiger charge is 2.16. The summed E-state index contributed by atoms with van der Waals surface area (Å²) in [5, 5.41) is 8.82. The van der Waals surface area contributed by atoms with Gasteiger partial charge in [-0.1, -0.05) is 11.8 Å².